The standard InChI is InChI=1S/C18H30O2/c1-4-20-14-10-8-6-5-7-9-11-17-15-18(19-3)13-12-16(17)2/h5,7,15H,4,6,8-14H2,1-3H3/b7-5+. The smallest absolute Gasteiger partial charge is 0.0961 e. The molecule has 0 aromatic heterocycles. The van der Waals surface area contributed by atoms with Crippen molar-refractivity contribution in [2.75, 3.05) is 20.3 Å². The minimum Gasteiger partial charge on any atom is -0.501 e. The minimum absolute atomic E-state index is 0.835. The highest BCUT2D eigenvalue weighted by Gasteiger charge is 2.09. The number of hydrogen-bond donors (Lipinski definition) is 0. The SMILES string of the molecule is CCOCCCC/C=C/CCC1=C(C)CCC(OC)=C1. The summed E-state index contributed by atoms with van der Waals surface area (Å²) in [6, 6.07) is 0. The van der Waals surface area contributed by atoms with Gasteiger partial charge in [-0.05, 0) is 64.0 Å². The third-order valence-corrected chi connectivity index (χ3v) is 3.75. The fourth-order valence-corrected chi connectivity index (χ4v) is 2.39. The van der Waals surface area contributed by atoms with Gasteiger partial charge in [-0.2, -0.15) is 0 Å². The molecule has 114 valence electrons. The van der Waals surface area contributed by atoms with Gasteiger partial charge in [-0.15, -0.1) is 0 Å². The fourth-order valence-electron chi connectivity index (χ4n) is 2.39. The minimum atomic E-state index is 0.835. The Kier molecular flexibility index (Phi) is 9.14. The highest BCUT2D eigenvalue weighted by atomic mass is 16.5. The molecule has 0 unspecified atom stereocenters. The van der Waals surface area contributed by atoms with Crippen LogP contribution in [0.4, 0.5) is 0 Å². The maximum atomic E-state index is 5.36. The Morgan fingerprint density at radius 2 is 1.95 bits per heavy atom. The maximum absolute atomic E-state index is 5.36. The summed E-state index contributed by atoms with van der Waals surface area (Å²) < 4.78 is 10.7. The van der Waals surface area contributed by atoms with E-state index in [4.69, 9.17) is 9.47 Å². The number of ether oxygens (including phenoxy) is 2. The average molecular weight is 278 g/mol. The van der Waals surface area contributed by atoms with Crippen molar-refractivity contribution in [1.82, 2.24) is 0 Å². The summed E-state index contributed by atoms with van der Waals surface area (Å²) in [4.78, 5) is 0. The van der Waals surface area contributed by atoms with Crippen molar-refractivity contribution in [3.8, 4) is 0 Å². The summed E-state index contributed by atoms with van der Waals surface area (Å²) in [5.74, 6) is 1.13. The van der Waals surface area contributed by atoms with Crippen molar-refractivity contribution in [2.24, 2.45) is 0 Å². The van der Waals surface area contributed by atoms with Crippen LogP contribution in [0.15, 0.2) is 35.1 Å². The van der Waals surface area contributed by atoms with Crippen LogP contribution in [0.5, 0.6) is 0 Å². The van der Waals surface area contributed by atoms with E-state index in [0.717, 1.165) is 44.7 Å². The van der Waals surface area contributed by atoms with Crippen molar-refractivity contribution in [2.45, 2.75) is 58.8 Å². The van der Waals surface area contributed by atoms with E-state index in [-0.39, 0.29) is 0 Å². The van der Waals surface area contributed by atoms with Crippen molar-refractivity contribution in [3.05, 3.63) is 35.1 Å². The molecule has 0 atom stereocenters. The van der Waals surface area contributed by atoms with Gasteiger partial charge in [0.2, 0.25) is 0 Å². The molecular weight excluding hydrogens is 248 g/mol. The summed E-state index contributed by atoms with van der Waals surface area (Å²) in [6.45, 7) is 6.03. The predicted octanol–water partition coefficient (Wildman–Crippen LogP) is 5.17. The number of methoxy groups -OCH3 is 1. The predicted molar refractivity (Wildman–Crippen MR) is 85.7 cm³/mol. The molecule has 2 nitrogen and oxygen atoms in total. The highest BCUT2D eigenvalue weighted by Crippen LogP contribution is 2.26. The summed E-state index contributed by atoms with van der Waals surface area (Å²) >= 11 is 0. The molecule has 0 amide bonds. The molecule has 1 aliphatic rings. The van der Waals surface area contributed by atoms with Gasteiger partial charge in [0.25, 0.3) is 0 Å². The number of rotatable bonds is 10. The van der Waals surface area contributed by atoms with E-state index in [0.29, 0.717) is 0 Å². The van der Waals surface area contributed by atoms with Crippen LogP contribution in [-0.4, -0.2) is 20.3 Å². The van der Waals surface area contributed by atoms with Crippen LogP contribution in [0.1, 0.15) is 58.8 Å². The summed E-state index contributed by atoms with van der Waals surface area (Å²) in [5, 5.41) is 0. The van der Waals surface area contributed by atoms with Crippen LogP contribution >= 0.6 is 0 Å². The monoisotopic (exact) mass is 278 g/mol. The molecule has 1 aliphatic carbocycles. The summed E-state index contributed by atoms with van der Waals surface area (Å²) in [5.41, 5.74) is 2.99. The van der Waals surface area contributed by atoms with Gasteiger partial charge in [0.15, 0.2) is 0 Å². The quantitative estimate of drug-likeness (QED) is 0.405. The van der Waals surface area contributed by atoms with Crippen LogP contribution in [0.2, 0.25) is 0 Å². The lowest BCUT2D eigenvalue weighted by Gasteiger charge is -2.16. The van der Waals surface area contributed by atoms with Gasteiger partial charge in [-0.1, -0.05) is 17.7 Å². The van der Waals surface area contributed by atoms with Gasteiger partial charge in [-0.25, -0.2) is 0 Å². The molecule has 0 fully saturated rings. The molecule has 0 spiro atoms. The average Bonchev–Trinajstić information content (AvgIpc) is 2.47. The van der Waals surface area contributed by atoms with Gasteiger partial charge in [0, 0.05) is 19.6 Å². The summed E-state index contributed by atoms with van der Waals surface area (Å²) in [6.07, 6.45) is 14.9. The maximum Gasteiger partial charge on any atom is 0.0961 e. The third-order valence-electron chi connectivity index (χ3n) is 3.75. The summed E-state index contributed by atoms with van der Waals surface area (Å²) in [7, 11) is 1.77. The fraction of sp³-hybridized carbons (Fsp3) is 0.667. The first-order chi connectivity index (χ1) is 9.77. The van der Waals surface area contributed by atoms with Crippen LogP contribution in [0.3, 0.4) is 0 Å². The Morgan fingerprint density at radius 1 is 1.15 bits per heavy atom. The van der Waals surface area contributed by atoms with Gasteiger partial charge in [-0.3, -0.25) is 0 Å². The van der Waals surface area contributed by atoms with E-state index in [1.807, 2.05) is 6.92 Å². The molecule has 2 heteroatoms. The number of allylic oxidation sites excluding steroid dienone is 6. The molecule has 1 rings (SSSR count). The molecule has 0 radical (unpaired) electrons. The van der Waals surface area contributed by atoms with Crippen molar-refractivity contribution >= 4 is 0 Å². The van der Waals surface area contributed by atoms with E-state index in [1.54, 1.807) is 7.11 Å². The third kappa shape index (κ3) is 6.95. The lowest BCUT2D eigenvalue weighted by atomic mass is 9.94. The van der Waals surface area contributed by atoms with Gasteiger partial charge in [0.05, 0.1) is 12.9 Å². The van der Waals surface area contributed by atoms with Crippen molar-refractivity contribution < 1.29 is 9.47 Å². The van der Waals surface area contributed by atoms with E-state index < -0.39 is 0 Å². The van der Waals surface area contributed by atoms with Crippen molar-refractivity contribution in [1.29, 1.82) is 0 Å². The molecule has 0 bridgehead atoms. The van der Waals surface area contributed by atoms with E-state index in [1.165, 1.54) is 30.4 Å². The Morgan fingerprint density at radius 3 is 2.70 bits per heavy atom. The molecule has 0 aromatic carbocycles. The van der Waals surface area contributed by atoms with Gasteiger partial charge in [0.1, 0.15) is 0 Å². The van der Waals surface area contributed by atoms with Crippen LogP contribution in [-0.2, 0) is 9.47 Å². The first kappa shape index (κ1) is 17.0. The normalized spacial score (nSPS) is 15.8. The second-order valence-electron chi connectivity index (χ2n) is 5.32. The molecule has 0 N–H and O–H groups in total. The zero-order valence-electron chi connectivity index (χ0n) is 13.4. The van der Waals surface area contributed by atoms with Crippen LogP contribution in [0, 0.1) is 0 Å². The second-order valence-corrected chi connectivity index (χ2v) is 5.32. The molecule has 0 aliphatic heterocycles. The molecule has 0 saturated heterocycles. The Hall–Kier alpha value is -1.02. The first-order valence-corrected chi connectivity index (χ1v) is 7.93. The molecular formula is C18H30O2. The first-order valence-electron chi connectivity index (χ1n) is 7.93. The lowest BCUT2D eigenvalue weighted by molar-refractivity contribution is 0.143. The molecule has 0 heterocycles. The Labute approximate surface area is 124 Å². The largest absolute Gasteiger partial charge is 0.501 e. The van der Waals surface area contributed by atoms with Crippen LogP contribution in [0.25, 0.3) is 0 Å². The topological polar surface area (TPSA) is 18.5 Å². The number of unbranched alkanes of at least 4 members (excludes halogenated alkanes) is 2. The zero-order valence-corrected chi connectivity index (χ0v) is 13.4. The molecule has 0 saturated carbocycles. The zero-order chi connectivity index (χ0) is 14.6. The number of hydrogen-bond acceptors (Lipinski definition) is 2. The van der Waals surface area contributed by atoms with Crippen LogP contribution < -0.4 is 0 Å². The molecule has 0 aromatic rings. The van der Waals surface area contributed by atoms with E-state index in [9.17, 15) is 0 Å². The van der Waals surface area contributed by atoms with Gasteiger partial charge >= 0.3 is 0 Å². The Balaban J connectivity index is 2.15. The van der Waals surface area contributed by atoms with E-state index in [2.05, 4.69) is 25.2 Å². The Bertz CT molecular complexity index is 350. The van der Waals surface area contributed by atoms with Gasteiger partial charge < -0.3 is 9.47 Å². The second kappa shape index (κ2) is 10.7. The molecule has 20 heavy (non-hydrogen) atoms. The van der Waals surface area contributed by atoms with Crippen molar-refractivity contribution in [3.63, 3.8) is 0 Å². The highest BCUT2D eigenvalue weighted by molar-refractivity contribution is 5.31. The lowest BCUT2D eigenvalue weighted by Crippen LogP contribution is -1.99. The van der Waals surface area contributed by atoms with E-state index >= 15 is 0 Å².